The molecule has 2 N–H and O–H groups in total. The van der Waals surface area contributed by atoms with Crippen LogP contribution in [0, 0.1) is 6.92 Å². The van der Waals surface area contributed by atoms with Crippen LogP contribution in [0.25, 0.3) is 0 Å². The molecule has 0 aromatic carbocycles. The minimum atomic E-state index is -0.194. The zero-order valence-electron chi connectivity index (χ0n) is 11.8. The Morgan fingerprint density at radius 1 is 1.48 bits per heavy atom. The molecule has 21 heavy (non-hydrogen) atoms. The molecular formula is C13H16BrN5O2. The number of halogens is 1. The molecule has 112 valence electrons. The van der Waals surface area contributed by atoms with Gasteiger partial charge in [0.1, 0.15) is 5.82 Å². The first-order valence-electron chi connectivity index (χ1n) is 6.57. The van der Waals surface area contributed by atoms with E-state index < -0.39 is 0 Å². The highest BCUT2D eigenvalue weighted by Crippen LogP contribution is 2.17. The van der Waals surface area contributed by atoms with Crippen LogP contribution >= 0.6 is 15.9 Å². The van der Waals surface area contributed by atoms with Crippen LogP contribution in [0.4, 0.5) is 5.82 Å². The molecule has 0 aliphatic heterocycles. The largest absolute Gasteiger partial charge is 0.370 e. The van der Waals surface area contributed by atoms with Crippen LogP contribution in [0.1, 0.15) is 29.0 Å². The van der Waals surface area contributed by atoms with Crippen molar-refractivity contribution >= 4 is 27.7 Å². The number of nitrogens with zero attached hydrogens (tertiary/aromatic N) is 3. The number of hydrogen-bond acceptors (Lipinski definition) is 6. The number of amides is 1. The van der Waals surface area contributed by atoms with Crippen molar-refractivity contribution in [1.29, 1.82) is 0 Å². The molecule has 0 saturated carbocycles. The minimum Gasteiger partial charge on any atom is -0.370 e. The average molecular weight is 354 g/mol. The van der Waals surface area contributed by atoms with Crippen molar-refractivity contribution in [3.05, 3.63) is 34.0 Å². The lowest BCUT2D eigenvalue weighted by Crippen LogP contribution is -2.27. The number of aromatic nitrogens is 3. The smallest absolute Gasteiger partial charge is 0.255 e. The Balaban J connectivity index is 1.97. The summed E-state index contributed by atoms with van der Waals surface area (Å²) in [6.07, 6.45) is 2.16. The van der Waals surface area contributed by atoms with Gasteiger partial charge in [-0.2, -0.15) is 4.98 Å². The molecule has 2 aromatic rings. The summed E-state index contributed by atoms with van der Waals surface area (Å²) in [5.74, 6) is 1.46. The summed E-state index contributed by atoms with van der Waals surface area (Å²) in [5.41, 5.74) is 0.496. The van der Waals surface area contributed by atoms with Crippen molar-refractivity contribution in [1.82, 2.24) is 20.4 Å². The lowest BCUT2D eigenvalue weighted by molar-refractivity contribution is 0.0954. The molecule has 1 amide bonds. The van der Waals surface area contributed by atoms with E-state index in [-0.39, 0.29) is 5.91 Å². The van der Waals surface area contributed by atoms with E-state index in [1.54, 1.807) is 19.2 Å². The molecular weight excluding hydrogens is 338 g/mol. The fraction of sp³-hybridized carbons (Fsp3) is 0.385. The molecule has 0 unspecified atom stereocenters. The number of hydrogen-bond donors (Lipinski definition) is 2. The van der Waals surface area contributed by atoms with Gasteiger partial charge in [-0.3, -0.25) is 4.79 Å². The number of aryl methyl sites for hydroxylation is 1. The molecule has 8 heteroatoms. The Hall–Kier alpha value is -1.96. The second kappa shape index (κ2) is 7.16. The fourth-order valence-corrected chi connectivity index (χ4v) is 2.08. The summed E-state index contributed by atoms with van der Waals surface area (Å²) in [7, 11) is 0. The zero-order valence-corrected chi connectivity index (χ0v) is 13.4. The van der Waals surface area contributed by atoms with Gasteiger partial charge in [0.05, 0.1) is 5.56 Å². The van der Waals surface area contributed by atoms with Crippen LogP contribution in [0.5, 0.6) is 0 Å². The first-order chi connectivity index (χ1) is 10.1. The molecule has 0 bridgehead atoms. The monoisotopic (exact) mass is 353 g/mol. The van der Waals surface area contributed by atoms with Crippen LogP contribution in [-0.4, -0.2) is 34.1 Å². The van der Waals surface area contributed by atoms with Crippen LogP contribution in [0.15, 0.2) is 21.3 Å². The summed E-state index contributed by atoms with van der Waals surface area (Å²) in [4.78, 5) is 20.5. The van der Waals surface area contributed by atoms with E-state index in [1.165, 1.54) is 0 Å². The Kier molecular flexibility index (Phi) is 5.26. The van der Waals surface area contributed by atoms with Gasteiger partial charge >= 0.3 is 0 Å². The van der Waals surface area contributed by atoms with Crippen molar-refractivity contribution in [2.75, 3.05) is 18.4 Å². The molecule has 7 nitrogen and oxygen atoms in total. The van der Waals surface area contributed by atoms with Crippen LogP contribution < -0.4 is 10.6 Å². The molecule has 0 atom stereocenters. The van der Waals surface area contributed by atoms with Crippen molar-refractivity contribution < 1.29 is 9.32 Å². The van der Waals surface area contributed by atoms with Gasteiger partial charge in [0.25, 0.3) is 5.91 Å². The first kappa shape index (κ1) is 15.4. The van der Waals surface area contributed by atoms with Crippen molar-refractivity contribution in [2.45, 2.75) is 20.3 Å². The Morgan fingerprint density at radius 2 is 2.29 bits per heavy atom. The molecule has 2 heterocycles. The van der Waals surface area contributed by atoms with E-state index in [0.29, 0.717) is 42.6 Å². The van der Waals surface area contributed by atoms with E-state index in [1.807, 2.05) is 6.92 Å². The lowest BCUT2D eigenvalue weighted by atomic mass is 10.2. The second-order valence-electron chi connectivity index (χ2n) is 4.32. The van der Waals surface area contributed by atoms with E-state index in [2.05, 4.69) is 41.7 Å². The Morgan fingerprint density at radius 3 is 2.95 bits per heavy atom. The third kappa shape index (κ3) is 4.25. The van der Waals surface area contributed by atoms with E-state index >= 15 is 0 Å². The molecule has 0 fully saturated rings. The van der Waals surface area contributed by atoms with Crippen LogP contribution in [0.2, 0.25) is 0 Å². The number of anilines is 1. The predicted molar refractivity (Wildman–Crippen MR) is 81.2 cm³/mol. The quantitative estimate of drug-likeness (QED) is 0.824. The van der Waals surface area contributed by atoms with Gasteiger partial charge < -0.3 is 15.2 Å². The number of pyridine rings is 1. The molecule has 2 rings (SSSR count). The third-order valence-corrected chi connectivity index (χ3v) is 3.08. The molecule has 2 aromatic heterocycles. The fourth-order valence-electron chi connectivity index (χ4n) is 1.75. The predicted octanol–water partition coefficient (Wildman–Crippen LogP) is 1.94. The highest BCUT2D eigenvalue weighted by atomic mass is 79.9. The van der Waals surface area contributed by atoms with E-state index in [0.717, 1.165) is 4.47 Å². The summed E-state index contributed by atoms with van der Waals surface area (Å²) >= 11 is 3.32. The molecule has 0 radical (unpaired) electrons. The van der Waals surface area contributed by atoms with Gasteiger partial charge in [-0.25, -0.2) is 4.98 Å². The van der Waals surface area contributed by atoms with E-state index in [4.69, 9.17) is 4.52 Å². The number of carbonyl (C=O) groups excluding carboxylic acids is 1. The summed E-state index contributed by atoms with van der Waals surface area (Å²) in [5, 5.41) is 9.66. The zero-order chi connectivity index (χ0) is 15.2. The normalized spacial score (nSPS) is 10.4. The molecule has 0 saturated heterocycles. The maximum atomic E-state index is 12.2. The topological polar surface area (TPSA) is 92.9 Å². The molecule has 0 spiro atoms. The standard InChI is InChI=1S/C13H16BrN5O2/c1-3-15-12-10(6-9(14)7-17-12)13(20)16-5-4-11-18-8(2)21-19-11/h6-7H,3-5H2,1-2H3,(H,15,17)(H,16,20). The lowest BCUT2D eigenvalue weighted by Gasteiger charge is -2.10. The SMILES string of the molecule is CCNc1ncc(Br)cc1C(=O)NCCc1noc(C)n1. The van der Waals surface area contributed by atoms with Crippen molar-refractivity contribution in [3.8, 4) is 0 Å². The highest BCUT2D eigenvalue weighted by Gasteiger charge is 2.13. The first-order valence-corrected chi connectivity index (χ1v) is 7.36. The van der Waals surface area contributed by atoms with Crippen molar-refractivity contribution in [2.24, 2.45) is 0 Å². The van der Waals surface area contributed by atoms with Gasteiger partial charge in [0, 0.05) is 37.1 Å². The number of carbonyl (C=O) groups is 1. The summed E-state index contributed by atoms with van der Waals surface area (Å²) in [6, 6.07) is 1.73. The van der Waals surface area contributed by atoms with Gasteiger partial charge in [-0.05, 0) is 28.9 Å². The second-order valence-corrected chi connectivity index (χ2v) is 5.23. The van der Waals surface area contributed by atoms with Crippen LogP contribution in [0.3, 0.4) is 0 Å². The van der Waals surface area contributed by atoms with Gasteiger partial charge in [0.2, 0.25) is 5.89 Å². The van der Waals surface area contributed by atoms with Gasteiger partial charge in [-0.1, -0.05) is 5.16 Å². The van der Waals surface area contributed by atoms with Gasteiger partial charge in [-0.15, -0.1) is 0 Å². The number of nitrogens with one attached hydrogen (secondary N) is 2. The Labute approximate surface area is 130 Å². The minimum absolute atomic E-state index is 0.194. The maximum Gasteiger partial charge on any atom is 0.255 e. The van der Waals surface area contributed by atoms with Crippen LogP contribution in [-0.2, 0) is 6.42 Å². The maximum absolute atomic E-state index is 12.2. The molecule has 0 aliphatic rings. The molecule has 0 aliphatic carbocycles. The highest BCUT2D eigenvalue weighted by molar-refractivity contribution is 9.10. The summed E-state index contributed by atoms with van der Waals surface area (Å²) < 4.78 is 5.63. The Bertz CT molecular complexity index is 629. The van der Waals surface area contributed by atoms with Gasteiger partial charge in [0.15, 0.2) is 5.82 Å². The van der Waals surface area contributed by atoms with Crippen molar-refractivity contribution in [3.63, 3.8) is 0 Å². The number of rotatable bonds is 6. The summed E-state index contributed by atoms with van der Waals surface area (Å²) in [6.45, 7) is 4.79. The average Bonchev–Trinajstić information content (AvgIpc) is 2.86. The van der Waals surface area contributed by atoms with E-state index in [9.17, 15) is 4.79 Å². The third-order valence-electron chi connectivity index (χ3n) is 2.65.